The second-order valence-electron chi connectivity index (χ2n) is 8.61. The van der Waals surface area contributed by atoms with Crippen LogP contribution in [0.5, 0.6) is 0 Å². The average Bonchev–Trinajstić information content (AvgIpc) is 3.18. The zero-order valence-electron chi connectivity index (χ0n) is 18.7. The van der Waals surface area contributed by atoms with Gasteiger partial charge in [-0.3, -0.25) is 4.79 Å². The summed E-state index contributed by atoms with van der Waals surface area (Å²) in [6.07, 6.45) is 4.43. The molecule has 1 saturated heterocycles. The number of aromatic nitrogens is 4. The first-order chi connectivity index (χ1) is 16.8. The first kappa shape index (κ1) is 20.6. The van der Waals surface area contributed by atoms with Gasteiger partial charge in [-0.1, -0.05) is 30.3 Å². The monoisotopic (exact) mass is 454 g/mol. The maximum absolute atomic E-state index is 12.8. The molecule has 6 rings (SSSR count). The van der Waals surface area contributed by atoms with E-state index in [0.717, 1.165) is 54.9 Å². The average molecular weight is 455 g/mol. The fourth-order valence-corrected chi connectivity index (χ4v) is 4.78. The molecular formula is C25H26N8O. The van der Waals surface area contributed by atoms with Gasteiger partial charge in [-0.15, -0.1) is 0 Å². The number of nitrogens with zero attached hydrogens (tertiary/aromatic N) is 5. The Morgan fingerprint density at radius 1 is 0.971 bits per heavy atom. The number of hydrogen-bond donors (Lipinski definition) is 3. The Morgan fingerprint density at radius 2 is 1.82 bits per heavy atom. The highest BCUT2D eigenvalue weighted by molar-refractivity contribution is 5.98. The topological polar surface area (TPSA) is 100 Å². The summed E-state index contributed by atoms with van der Waals surface area (Å²) in [6, 6.07) is 16.1. The van der Waals surface area contributed by atoms with Gasteiger partial charge in [0.05, 0.1) is 17.9 Å². The molecule has 9 heteroatoms. The van der Waals surface area contributed by atoms with Gasteiger partial charge in [0.2, 0.25) is 5.95 Å². The van der Waals surface area contributed by atoms with E-state index in [-0.39, 0.29) is 11.9 Å². The van der Waals surface area contributed by atoms with E-state index in [1.807, 2.05) is 41.1 Å². The van der Waals surface area contributed by atoms with Crippen molar-refractivity contribution in [2.24, 2.45) is 0 Å². The maximum atomic E-state index is 12.8. The van der Waals surface area contributed by atoms with Crippen molar-refractivity contribution in [3.8, 4) is 0 Å². The number of nitrogens with one attached hydrogen (secondary N) is 3. The lowest BCUT2D eigenvalue weighted by Gasteiger charge is -2.29. The fourth-order valence-electron chi connectivity index (χ4n) is 4.78. The van der Waals surface area contributed by atoms with Crippen LogP contribution in [0.1, 0.15) is 28.5 Å². The van der Waals surface area contributed by atoms with Crippen LogP contribution in [-0.4, -0.2) is 58.1 Å². The Kier molecular flexibility index (Phi) is 5.31. The second-order valence-corrected chi connectivity index (χ2v) is 8.61. The summed E-state index contributed by atoms with van der Waals surface area (Å²) in [4.78, 5) is 29.0. The summed E-state index contributed by atoms with van der Waals surface area (Å²) in [5.74, 6) is 1.04. The van der Waals surface area contributed by atoms with Crippen LogP contribution in [0.4, 0.5) is 17.5 Å². The number of benzene rings is 1. The molecule has 1 atom stereocenters. The van der Waals surface area contributed by atoms with Gasteiger partial charge in [-0.2, -0.15) is 4.98 Å². The predicted molar refractivity (Wildman–Crippen MR) is 132 cm³/mol. The van der Waals surface area contributed by atoms with Gasteiger partial charge in [0, 0.05) is 44.3 Å². The molecule has 0 bridgehead atoms. The zero-order chi connectivity index (χ0) is 22.9. The van der Waals surface area contributed by atoms with Crippen LogP contribution < -0.4 is 20.9 Å². The third kappa shape index (κ3) is 3.84. The summed E-state index contributed by atoms with van der Waals surface area (Å²) in [5.41, 5.74) is 3.59. The van der Waals surface area contributed by atoms with E-state index in [4.69, 9.17) is 4.98 Å². The number of rotatable bonds is 4. The molecule has 5 heterocycles. The van der Waals surface area contributed by atoms with E-state index in [1.165, 1.54) is 0 Å². The molecule has 0 radical (unpaired) electrons. The largest absolute Gasteiger partial charge is 0.368 e. The van der Waals surface area contributed by atoms with Crippen LogP contribution in [0.25, 0.3) is 11.0 Å². The first-order valence-electron chi connectivity index (χ1n) is 11.7. The molecule has 0 spiro atoms. The molecule has 34 heavy (non-hydrogen) atoms. The van der Waals surface area contributed by atoms with Crippen molar-refractivity contribution < 1.29 is 4.79 Å². The van der Waals surface area contributed by atoms with Crippen molar-refractivity contribution in [1.29, 1.82) is 0 Å². The van der Waals surface area contributed by atoms with E-state index >= 15 is 0 Å². The molecule has 0 unspecified atom stereocenters. The van der Waals surface area contributed by atoms with Crippen molar-refractivity contribution >= 4 is 34.4 Å². The summed E-state index contributed by atoms with van der Waals surface area (Å²) < 4.78 is 2.04. The van der Waals surface area contributed by atoms with Crippen LogP contribution >= 0.6 is 0 Å². The quantitative estimate of drug-likeness (QED) is 0.436. The number of anilines is 3. The Labute approximate surface area is 197 Å². The highest BCUT2D eigenvalue weighted by atomic mass is 16.2. The third-order valence-electron chi connectivity index (χ3n) is 6.48. The molecule has 1 fully saturated rings. The van der Waals surface area contributed by atoms with Gasteiger partial charge < -0.3 is 25.4 Å². The summed E-state index contributed by atoms with van der Waals surface area (Å²) in [7, 11) is 0. The number of carbonyl (C=O) groups is 1. The molecule has 2 aliphatic rings. The summed E-state index contributed by atoms with van der Waals surface area (Å²) in [5, 5.41) is 10.4. The first-order valence-corrected chi connectivity index (χ1v) is 11.7. The van der Waals surface area contributed by atoms with Crippen LogP contribution in [0, 0.1) is 0 Å². The smallest absolute Gasteiger partial charge is 0.268 e. The lowest BCUT2D eigenvalue weighted by Crippen LogP contribution is -2.43. The van der Waals surface area contributed by atoms with Crippen LogP contribution in [0.3, 0.4) is 0 Å². The molecule has 0 aliphatic carbocycles. The van der Waals surface area contributed by atoms with E-state index in [1.54, 1.807) is 6.20 Å². The van der Waals surface area contributed by atoms with Gasteiger partial charge in [-0.05, 0) is 30.2 Å². The lowest BCUT2D eigenvalue weighted by atomic mass is 10.0. The second kappa shape index (κ2) is 8.75. The highest BCUT2D eigenvalue weighted by Gasteiger charge is 2.27. The molecule has 4 aromatic rings. The van der Waals surface area contributed by atoms with Crippen LogP contribution in [0.15, 0.2) is 60.9 Å². The van der Waals surface area contributed by atoms with E-state index in [9.17, 15) is 4.79 Å². The Bertz CT molecular complexity index is 1310. The summed E-state index contributed by atoms with van der Waals surface area (Å²) in [6.45, 7) is 4.53. The molecule has 3 N–H and O–H groups in total. The van der Waals surface area contributed by atoms with Crippen molar-refractivity contribution in [3.05, 3.63) is 72.2 Å². The molecule has 1 aromatic carbocycles. The SMILES string of the molecule is O=C1NCC[C@H](c2ccccc2)n2c1cc1cnc(Nc3ccc(N4CCNCC4)cn3)nc12. The number of piperazine rings is 1. The van der Waals surface area contributed by atoms with Gasteiger partial charge in [0.15, 0.2) is 0 Å². The fraction of sp³-hybridized carbons (Fsp3) is 0.280. The minimum atomic E-state index is -0.0869. The van der Waals surface area contributed by atoms with Crippen LogP contribution in [-0.2, 0) is 0 Å². The molecular weight excluding hydrogens is 428 g/mol. The van der Waals surface area contributed by atoms with Gasteiger partial charge in [-0.25, -0.2) is 9.97 Å². The predicted octanol–water partition coefficient (Wildman–Crippen LogP) is 2.70. The number of carbonyl (C=O) groups excluding carboxylic acids is 1. The minimum Gasteiger partial charge on any atom is -0.368 e. The van der Waals surface area contributed by atoms with Crippen LogP contribution in [0.2, 0.25) is 0 Å². The lowest BCUT2D eigenvalue weighted by molar-refractivity contribution is 0.0951. The number of amides is 1. The highest BCUT2D eigenvalue weighted by Crippen LogP contribution is 2.31. The van der Waals surface area contributed by atoms with Crippen molar-refractivity contribution in [2.45, 2.75) is 12.5 Å². The Hall–Kier alpha value is -3.98. The van der Waals surface area contributed by atoms with E-state index in [0.29, 0.717) is 24.0 Å². The number of fused-ring (bicyclic) bond motifs is 3. The molecule has 1 amide bonds. The maximum Gasteiger partial charge on any atom is 0.268 e. The molecule has 0 saturated carbocycles. The molecule has 9 nitrogen and oxygen atoms in total. The van der Waals surface area contributed by atoms with E-state index < -0.39 is 0 Å². The number of hydrogen-bond acceptors (Lipinski definition) is 7. The molecule has 172 valence electrons. The standard InChI is InChI=1S/C25H26N8O/c34-24-21-14-18-15-29-25(30-22-7-6-19(16-28-22)32-12-10-26-11-13-32)31-23(18)33(21)20(8-9-27-24)17-4-2-1-3-5-17/h1-7,14-16,20,26H,8-13H2,(H,27,34)(H,28,29,30,31)/t20-/m1/s1. The summed E-state index contributed by atoms with van der Waals surface area (Å²) >= 11 is 0. The van der Waals surface area contributed by atoms with Gasteiger partial charge >= 0.3 is 0 Å². The van der Waals surface area contributed by atoms with Crippen molar-refractivity contribution in [1.82, 2.24) is 30.2 Å². The Morgan fingerprint density at radius 3 is 2.62 bits per heavy atom. The third-order valence-corrected chi connectivity index (χ3v) is 6.48. The number of pyridine rings is 1. The molecule has 2 aliphatic heterocycles. The van der Waals surface area contributed by atoms with E-state index in [2.05, 4.69) is 49.0 Å². The van der Waals surface area contributed by atoms with Gasteiger partial charge in [0.25, 0.3) is 5.91 Å². The Balaban J connectivity index is 1.33. The normalized spacial score (nSPS) is 18.3. The molecule has 3 aromatic heterocycles. The zero-order valence-corrected chi connectivity index (χ0v) is 18.7. The van der Waals surface area contributed by atoms with Gasteiger partial charge in [0.1, 0.15) is 17.2 Å². The van der Waals surface area contributed by atoms with Crippen molar-refractivity contribution in [3.63, 3.8) is 0 Å². The minimum absolute atomic E-state index is 0.00633. The van der Waals surface area contributed by atoms with Crippen molar-refractivity contribution in [2.75, 3.05) is 42.9 Å².